The molecule has 0 radical (unpaired) electrons. The van der Waals surface area contributed by atoms with E-state index >= 15 is 0 Å². The number of aliphatic carboxylic acids is 1. The minimum Gasteiger partial charge on any atom is -0.504 e. The molecule has 5 nitrogen and oxygen atoms in total. The highest BCUT2D eigenvalue weighted by Gasteiger charge is 2.17. The van der Waals surface area contributed by atoms with Crippen molar-refractivity contribution in [2.45, 2.75) is 17.7 Å². The Kier molecular flexibility index (Phi) is 4.90. The minimum absolute atomic E-state index is 0.0732. The monoisotopic (exact) mass is 358 g/mol. The second-order valence-corrected chi connectivity index (χ2v) is 6.39. The van der Waals surface area contributed by atoms with E-state index in [1.54, 1.807) is 30.0 Å². The lowest BCUT2D eigenvalue weighted by atomic mass is 10.1. The third-order valence-electron chi connectivity index (χ3n) is 3.98. The number of aromatic hydroxyl groups is 1. The number of hydrogen-bond acceptors (Lipinski definition) is 5. The van der Waals surface area contributed by atoms with Gasteiger partial charge in [0.15, 0.2) is 11.5 Å². The summed E-state index contributed by atoms with van der Waals surface area (Å²) in [5.74, 6) is 0.349. The van der Waals surface area contributed by atoms with Crippen molar-refractivity contribution in [3.8, 4) is 22.8 Å². The van der Waals surface area contributed by atoms with Gasteiger partial charge in [-0.15, -0.1) is 11.8 Å². The Balaban J connectivity index is 2.08. The van der Waals surface area contributed by atoms with Crippen molar-refractivity contribution < 1.29 is 24.2 Å². The van der Waals surface area contributed by atoms with Crippen LogP contribution < -0.4 is 4.74 Å². The second kappa shape index (κ2) is 7.11. The topological polar surface area (TPSA) is 79.9 Å². The number of thioether (sulfide) groups is 1. The van der Waals surface area contributed by atoms with Crippen LogP contribution >= 0.6 is 11.8 Å². The Morgan fingerprint density at radius 1 is 1.24 bits per heavy atom. The van der Waals surface area contributed by atoms with Crippen LogP contribution in [0.15, 0.2) is 45.7 Å². The summed E-state index contributed by atoms with van der Waals surface area (Å²) in [4.78, 5) is 11.8. The van der Waals surface area contributed by atoms with E-state index in [-0.39, 0.29) is 12.2 Å². The van der Waals surface area contributed by atoms with Crippen molar-refractivity contribution in [3.63, 3.8) is 0 Å². The van der Waals surface area contributed by atoms with Gasteiger partial charge in [-0.05, 0) is 48.6 Å². The average molecular weight is 358 g/mol. The summed E-state index contributed by atoms with van der Waals surface area (Å²) >= 11 is 1.56. The van der Waals surface area contributed by atoms with E-state index in [1.807, 2.05) is 24.5 Å². The number of ether oxygens (including phenoxy) is 1. The van der Waals surface area contributed by atoms with Crippen LogP contribution in [0.5, 0.6) is 11.5 Å². The van der Waals surface area contributed by atoms with Gasteiger partial charge in [0.2, 0.25) is 0 Å². The van der Waals surface area contributed by atoms with Crippen molar-refractivity contribution >= 4 is 28.7 Å². The number of rotatable bonds is 6. The zero-order valence-corrected chi connectivity index (χ0v) is 14.7. The zero-order chi connectivity index (χ0) is 18.0. The molecule has 0 saturated heterocycles. The zero-order valence-electron chi connectivity index (χ0n) is 13.9. The molecule has 0 amide bonds. The van der Waals surface area contributed by atoms with E-state index in [0.29, 0.717) is 17.9 Å². The molecule has 0 bridgehead atoms. The molecule has 6 heteroatoms. The quantitative estimate of drug-likeness (QED) is 0.629. The normalized spacial score (nSPS) is 11.0. The summed E-state index contributed by atoms with van der Waals surface area (Å²) < 4.78 is 11.2. The highest BCUT2D eigenvalue weighted by Crippen LogP contribution is 2.41. The molecule has 0 aliphatic heterocycles. The van der Waals surface area contributed by atoms with Gasteiger partial charge < -0.3 is 19.4 Å². The Morgan fingerprint density at radius 2 is 2.04 bits per heavy atom. The summed E-state index contributed by atoms with van der Waals surface area (Å²) in [6.45, 7) is 0. The maximum Gasteiger partial charge on any atom is 0.303 e. The van der Waals surface area contributed by atoms with Crippen molar-refractivity contribution in [1.82, 2.24) is 0 Å². The van der Waals surface area contributed by atoms with Crippen LogP contribution in [0.3, 0.4) is 0 Å². The van der Waals surface area contributed by atoms with Crippen LogP contribution in [0.2, 0.25) is 0 Å². The third kappa shape index (κ3) is 3.44. The van der Waals surface area contributed by atoms with E-state index in [4.69, 9.17) is 14.3 Å². The maximum absolute atomic E-state index is 10.8. The van der Waals surface area contributed by atoms with Crippen molar-refractivity contribution in [1.29, 1.82) is 0 Å². The highest BCUT2D eigenvalue weighted by atomic mass is 32.2. The first-order valence-corrected chi connectivity index (χ1v) is 8.94. The number of fused-ring (bicyclic) bond motifs is 1. The number of benzene rings is 2. The lowest BCUT2D eigenvalue weighted by Gasteiger charge is -2.06. The Morgan fingerprint density at radius 3 is 2.72 bits per heavy atom. The number of phenols is 1. The number of phenolic OH excluding ortho intramolecular Hbond substituents is 1. The van der Waals surface area contributed by atoms with Crippen LogP contribution in [-0.4, -0.2) is 29.5 Å². The molecule has 3 rings (SSSR count). The van der Waals surface area contributed by atoms with E-state index in [1.165, 1.54) is 7.11 Å². The number of methoxy groups -OCH3 is 1. The van der Waals surface area contributed by atoms with Crippen LogP contribution in [-0.2, 0) is 11.2 Å². The molecular formula is C19H18O5S. The number of carboxylic acid groups (broad SMARTS) is 1. The molecular weight excluding hydrogens is 340 g/mol. The van der Waals surface area contributed by atoms with Gasteiger partial charge in [-0.3, -0.25) is 4.79 Å². The number of carboxylic acids is 1. The summed E-state index contributed by atoms with van der Waals surface area (Å²) in [5, 5.41) is 19.6. The molecule has 0 saturated carbocycles. The van der Waals surface area contributed by atoms with Gasteiger partial charge >= 0.3 is 5.97 Å². The fourth-order valence-corrected chi connectivity index (χ4v) is 3.46. The Hall–Kier alpha value is -2.60. The fourth-order valence-electron chi connectivity index (χ4n) is 2.74. The molecule has 0 unspecified atom stereocenters. The van der Waals surface area contributed by atoms with Crippen LogP contribution in [0.25, 0.3) is 22.3 Å². The van der Waals surface area contributed by atoms with Crippen molar-refractivity contribution in [3.05, 3.63) is 42.0 Å². The van der Waals surface area contributed by atoms with E-state index in [2.05, 4.69) is 0 Å². The number of aryl methyl sites for hydroxylation is 1. The number of furan rings is 1. The molecule has 0 aliphatic rings. The van der Waals surface area contributed by atoms with Gasteiger partial charge in [0.05, 0.1) is 12.0 Å². The van der Waals surface area contributed by atoms with Gasteiger partial charge in [-0.1, -0.05) is 6.07 Å². The smallest absolute Gasteiger partial charge is 0.303 e. The van der Waals surface area contributed by atoms with E-state index in [0.717, 1.165) is 27.0 Å². The summed E-state index contributed by atoms with van der Waals surface area (Å²) in [6, 6.07) is 10.8. The molecule has 1 aromatic heterocycles. The molecule has 0 aliphatic carbocycles. The first-order valence-electron chi connectivity index (χ1n) is 7.72. The largest absolute Gasteiger partial charge is 0.504 e. The van der Waals surface area contributed by atoms with Crippen LogP contribution in [0, 0.1) is 0 Å². The molecule has 130 valence electrons. The van der Waals surface area contributed by atoms with Gasteiger partial charge in [-0.25, -0.2) is 0 Å². The molecule has 2 aromatic carbocycles. The lowest BCUT2D eigenvalue weighted by molar-refractivity contribution is -0.136. The summed E-state index contributed by atoms with van der Waals surface area (Å²) in [5.41, 5.74) is 2.51. The third-order valence-corrected chi connectivity index (χ3v) is 4.79. The first kappa shape index (κ1) is 17.2. The first-order chi connectivity index (χ1) is 12.0. The van der Waals surface area contributed by atoms with Crippen LogP contribution in [0.4, 0.5) is 0 Å². The lowest BCUT2D eigenvalue weighted by Crippen LogP contribution is -1.97. The molecule has 0 spiro atoms. The molecule has 25 heavy (non-hydrogen) atoms. The predicted molar refractivity (Wildman–Crippen MR) is 97.6 cm³/mol. The van der Waals surface area contributed by atoms with Gasteiger partial charge in [0, 0.05) is 17.4 Å². The average Bonchev–Trinajstić information content (AvgIpc) is 2.98. The van der Waals surface area contributed by atoms with Gasteiger partial charge in [0.1, 0.15) is 11.3 Å². The minimum atomic E-state index is -0.811. The molecule has 3 aromatic rings. The van der Waals surface area contributed by atoms with E-state index < -0.39 is 5.97 Å². The molecule has 2 N–H and O–H groups in total. The standard InChI is InChI=1S/C19H18O5S/c1-23-16-10-12(5-6-14(16)20)18-19(25-2)13-9-11(4-8-17(21)22)3-7-15(13)24-18/h3,5-7,9-10,20H,4,8H2,1-2H3,(H,21,22). The predicted octanol–water partition coefficient (Wildman–Crippen LogP) is 4.55. The summed E-state index contributed by atoms with van der Waals surface area (Å²) in [6.07, 6.45) is 2.54. The SMILES string of the molecule is COc1cc(-c2oc3ccc(CCC(=O)O)cc3c2SC)ccc1O. The number of carbonyl (C=O) groups is 1. The second-order valence-electron chi connectivity index (χ2n) is 5.58. The van der Waals surface area contributed by atoms with Crippen molar-refractivity contribution in [2.75, 3.05) is 13.4 Å². The Labute approximate surface area is 149 Å². The van der Waals surface area contributed by atoms with Crippen molar-refractivity contribution in [2.24, 2.45) is 0 Å². The maximum atomic E-state index is 10.8. The Bertz CT molecular complexity index is 929. The molecule has 1 heterocycles. The van der Waals surface area contributed by atoms with Gasteiger partial charge in [-0.2, -0.15) is 0 Å². The fraction of sp³-hybridized carbons (Fsp3) is 0.211. The van der Waals surface area contributed by atoms with Crippen LogP contribution in [0.1, 0.15) is 12.0 Å². The molecule has 0 fully saturated rings. The molecule has 0 atom stereocenters. The number of hydrogen-bond donors (Lipinski definition) is 2. The highest BCUT2D eigenvalue weighted by molar-refractivity contribution is 7.99. The van der Waals surface area contributed by atoms with E-state index in [9.17, 15) is 9.90 Å². The summed E-state index contributed by atoms with van der Waals surface area (Å²) in [7, 11) is 1.50. The van der Waals surface area contributed by atoms with Gasteiger partial charge in [0.25, 0.3) is 0 Å².